The maximum Gasteiger partial charge on any atom is 0.114 e. The van der Waals surface area contributed by atoms with Gasteiger partial charge in [0.05, 0.1) is 13.2 Å². The fraction of sp³-hybridized carbons (Fsp3) is 0.875. The van der Waals surface area contributed by atoms with Crippen molar-refractivity contribution in [3.05, 3.63) is 7.05 Å². The highest BCUT2D eigenvalue weighted by atomic mass is 16.5. The lowest BCUT2D eigenvalue weighted by Crippen LogP contribution is -3.10. The molecule has 0 saturated carbocycles. The van der Waals surface area contributed by atoms with E-state index in [2.05, 4.69) is 7.05 Å². The first kappa shape index (κ1) is 8.97. The van der Waals surface area contributed by atoms with Crippen LogP contribution in [0.4, 0.5) is 0 Å². The number of quaternary nitrogens is 1. The summed E-state index contributed by atoms with van der Waals surface area (Å²) in [5.74, 6) is 0. The molecule has 0 radical (unpaired) electrons. The number of hydrogen-bond acceptors (Lipinski definition) is 2. The lowest BCUT2D eigenvalue weighted by atomic mass is 10.2. The Hall–Kier alpha value is -0.120. The van der Waals surface area contributed by atoms with Crippen LogP contribution >= 0.6 is 0 Å². The zero-order valence-corrected chi connectivity index (χ0v) is 7.30. The number of nitrogens with one attached hydrogen (secondary N) is 1. The predicted molar refractivity (Wildman–Crippen MR) is 42.3 cm³/mol. The molecule has 1 heterocycles. The average Bonchev–Trinajstić information content (AvgIpc) is 2.34. The molecule has 0 aromatic carbocycles. The van der Waals surface area contributed by atoms with E-state index in [1.54, 1.807) is 14.2 Å². The number of likely N-dealkylation sites (tertiary alicyclic amines) is 1. The normalized spacial score (nSPS) is 37.9. The van der Waals surface area contributed by atoms with Crippen LogP contribution in [-0.4, -0.2) is 39.5 Å². The lowest BCUT2D eigenvalue weighted by Gasteiger charge is -2.25. The van der Waals surface area contributed by atoms with Gasteiger partial charge in [-0.1, -0.05) is 0 Å². The van der Waals surface area contributed by atoms with Gasteiger partial charge in [0.15, 0.2) is 0 Å². The molecule has 1 unspecified atom stereocenters. The van der Waals surface area contributed by atoms with Gasteiger partial charge in [0.2, 0.25) is 0 Å². The van der Waals surface area contributed by atoms with Crippen LogP contribution in [-0.2, 0) is 9.47 Å². The minimum Gasteiger partial charge on any atom is -0.461 e. The van der Waals surface area contributed by atoms with E-state index in [9.17, 15) is 0 Å². The maximum absolute atomic E-state index is 5.31. The summed E-state index contributed by atoms with van der Waals surface area (Å²) < 4.78 is 10.4. The third-order valence-electron chi connectivity index (χ3n) is 2.37. The van der Waals surface area contributed by atoms with E-state index >= 15 is 0 Å². The molecule has 3 nitrogen and oxygen atoms in total. The molecule has 3 atom stereocenters. The van der Waals surface area contributed by atoms with Crippen molar-refractivity contribution in [2.45, 2.75) is 18.6 Å². The van der Waals surface area contributed by atoms with E-state index in [0.29, 0.717) is 12.1 Å². The zero-order valence-electron chi connectivity index (χ0n) is 7.30. The summed E-state index contributed by atoms with van der Waals surface area (Å²) in [5.41, 5.74) is 0. The molecular weight excluding hydrogens is 142 g/mol. The van der Waals surface area contributed by atoms with Crippen LogP contribution in [0.1, 0.15) is 6.42 Å². The van der Waals surface area contributed by atoms with Gasteiger partial charge in [-0.05, 0) is 0 Å². The summed E-state index contributed by atoms with van der Waals surface area (Å²) >= 11 is 0. The lowest BCUT2D eigenvalue weighted by molar-refractivity contribution is -0.869. The molecule has 11 heavy (non-hydrogen) atoms. The first-order valence-electron chi connectivity index (χ1n) is 3.99. The number of rotatable bonds is 3. The quantitative estimate of drug-likeness (QED) is 0.539. The largest absolute Gasteiger partial charge is 0.461 e. The van der Waals surface area contributed by atoms with E-state index < -0.39 is 0 Å². The van der Waals surface area contributed by atoms with Gasteiger partial charge in [-0.15, -0.1) is 0 Å². The third-order valence-corrected chi connectivity index (χ3v) is 2.37. The van der Waals surface area contributed by atoms with Crippen molar-refractivity contribution >= 4 is 0 Å². The van der Waals surface area contributed by atoms with E-state index in [1.165, 1.54) is 4.90 Å². The smallest absolute Gasteiger partial charge is 0.114 e. The first-order valence-corrected chi connectivity index (χ1v) is 3.99. The number of hydrogen-bond donors (Lipinski definition) is 1. The number of methoxy groups -OCH3 is 2. The molecule has 0 aromatic heterocycles. The minimum atomic E-state index is 0.336. The summed E-state index contributed by atoms with van der Waals surface area (Å²) in [5, 5.41) is 0. The second kappa shape index (κ2) is 4.04. The Bertz CT molecular complexity index is 119. The molecular formula is C8H17NO2. The fourth-order valence-electron chi connectivity index (χ4n) is 1.66. The molecule has 0 amide bonds. The van der Waals surface area contributed by atoms with Crippen molar-refractivity contribution in [1.82, 2.24) is 0 Å². The molecule has 1 fully saturated rings. The molecule has 0 spiro atoms. The van der Waals surface area contributed by atoms with Gasteiger partial charge in [-0.2, -0.15) is 7.05 Å². The Morgan fingerprint density at radius 3 is 2.82 bits per heavy atom. The molecule has 1 saturated heterocycles. The fourth-order valence-corrected chi connectivity index (χ4v) is 1.66. The Morgan fingerprint density at radius 2 is 2.27 bits per heavy atom. The van der Waals surface area contributed by atoms with Gasteiger partial charge >= 0.3 is 0 Å². The summed E-state index contributed by atoms with van der Waals surface area (Å²) in [6.07, 6.45) is 1.44. The highest BCUT2D eigenvalue weighted by molar-refractivity contribution is 4.73. The van der Waals surface area contributed by atoms with Gasteiger partial charge < -0.3 is 14.4 Å². The molecule has 1 rings (SSSR count). The molecule has 0 aliphatic carbocycles. The summed E-state index contributed by atoms with van der Waals surface area (Å²) in [6.45, 7) is 1.84. The Kier molecular flexibility index (Phi) is 3.30. The second-order valence-corrected chi connectivity index (χ2v) is 3.03. The predicted octanol–water partition coefficient (Wildman–Crippen LogP) is -0.903. The molecule has 1 aliphatic heterocycles. The van der Waals surface area contributed by atoms with Crippen LogP contribution in [0, 0.1) is 7.05 Å². The highest BCUT2D eigenvalue weighted by Crippen LogP contribution is 2.05. The highest BCUT2D eigenvalue weighted by Gasteiger charge is 2.32. The van der Waals surface area contributed by atoms with Crippen LogP contribution in [0.5, 0.6) is 0 Å². The molecule has 1 N–H and O–H groups in total. The van der Waals surface area contributed by atoms with Gasteiger partial charge in [0, 0.05) is 20.6 Å². The molecule has 1 aliphatic rings. The van der Waals surface area contributed by atoms with Crippen LogP contribution in [0.2, 0.25) is 0 Å². The van der Waals surface area contributed by atoms with Crippen molar-refractivity contribution in [1.29, 1.82) is 0 Å². The van der Waals surface area contributed by atoms with Crippen molar-refractivity contribution in [2.75, 3.05) is 27.4 Å². The topological polar surface area (TPSA) is 22.9 Å². The Balaban J connectivity index is 2.42. The standard InChI is InChI=1S/C8H17NO2/c1-9-5-4-8(11-3)7(9)6-10-2/h7-9H,1,4-6H2,2-3H3/t7-,8+/m1/s1. The molecule has 0 aromatic rings. The van der Waals surface area contributed by atoms with E-state index in [-0.39, 0.29) is 0 Å². The SMILES string of the molecule is [CH2-][NH+]1CC[C@H](OC)[C@H]1COC. The number of ether oxygens (including phenoxy) is 2. The van der Waals surface area contributed by atoms with E-state index in [0.717, 1.165) is 19.6 Å². The van der Waals surface area contributed by atoms with Crippen molar-refractivity contribution in [3.8, 4) is 0 Å². The van der Waals surface area contributed by atoms with Crippen molar-refractivity contribution in [3.63, 3.8) is 0 Å². The zero-order chi connectivity index (χ0) is 8.27. The van der Waals surface area contributed by atoms with Crippen molar-refractivity contribution in [2.24, 2.45) is 0 Å². The monoisotopic (exact) mass is 159 g/mol. The molecule has 0 bridgehead atoms. The summed E-state index contributed by atoms with van der Waals surface area (Å²) in [7, 11) is 7.47. The van der Waals surface area contributed by atoms with Crippen LogP contribution in [0.3, 0.4) is 0 Å². The van der Waals surface area contributed by atoms with E-state index in [1.807, 2.05) is 0 Å². The van der Waals surface area contributed by atoms with Gasteiger partial charge in [-0.3, -0.25) is 0 Å². The van der Waals surface area contributed by atoms with E-state index in [4.69, 9.17) is 9.47 Å². The van der Waals surface area contributed by atoms with Crippen LogP contribution in [0.15, 0.2) is 0 Å². The van der Waals surface area contributed by atoms with Crippen molar-refractivity contribution < 1.29 is 14.4 Å². The molecule has 66 valence electrons. The van der Waals surface area contributed by atoms with Gasteiger partial charge in [0.1, 0.15) is 12.1 Å². The minimum absolute atomic E-state index is 0.336. The third kappa shape index (κ3) is 1.92. The second-order valence-electron chi connectivity index (χ2n) is 3.03. The van der Waals surface area contributed by atoms with Gasteiger partial charge in [-0.25, -0.2) is 0 Å². The summed E-state index contributed by atoms with van der Waals surface area (Å²) in [4.78, 5) is 1.28. The first-order chi connectivity index (χ1) is 5.29. The Labute approximate surface area is 68.3 Å². The summed E-state index contributed by atoms with van der Waals surface area (Å²) in [6, 6.07) is 0.421. The van der Waals surface area contributed by atoms with Crippen LogP contribution in [0.25, 0.3) is 0 Å². The maximum atomic E-state index is 5.31. The molecule has 3 heteroatoms. The Morgan fingerprint density at radius 1 is 1.55 bits per heavy atom. The van der Waals surface area contributed by atoms with Crippen LogP contribution < -0.4 is 4.90 Å². The average molecular weight is 159 g/mol. The van der Waals surface area contributed by atoms with Gasteiger partial charge in [0.25, 0.3) is 0 Å².